The molecule has 5 nitrogen and oxygen atoms in total. The Morgan fingerprint density at radius 1 is 1.39 bits per heavy atom. The second-order valence-corrected chi connectivity index (χ2v) is 6.66. The number of amides is 2. The molecule has 2 heterocycles. The molecular weight excluding hydrogens is 334 g/mol. The molecule has 7 heteroatoms. The van der Waals surface area contributed by atoms with Crippen molar-refractivity contribution < 1.29 is 9.59 Å². The van der Waals surface area contributed by atoms with Gasteiger partial charge in [-0.25, -0.2) is 4.98 Å². The molecule has 2 amide bonds. The SMILES string of the molecule is O=C(N[C@@H]1CCCCNC1=O)c1csc(-c2cccc(Cl)c2)n1. The van der Waals surface area contributed by atoms with Crippen LogP contribution < -0.4 is 10.6 Å². The van der Waals surface area contributed by atoms with Crippen LogP contribution >= 0.6 is 22.9 Å². The van der Waals surface area contributed by atoms with E-state index in [9.17, 15) is 9.59 Å². The van der Waals surface area contributed by atoms with E-state index < -0.39 is 6.04 Å². The van der Waals surface area contributed by atoms with E-state index in [1.165, 1.54) is 11.3 Å². The summed E-state index contributed by atoms with van der Waals surface area (Å²) in [5.41, 5.74) is 1.19. The highest BCUT2D eigenvalue weighted by atomic mass is 35.5. The van der Waals surface area contributed by atoms with E-state index in [2.05, 4.69) is 15.6 Å². The molecule has 0 spiro atoms. The number of aromatic nitrogens is 1. The third-order valence-electron chi connectivity index (χ3n) is 3.65. The predicted octanol–water partition coefficient (Wildman–Crippen LogP) is 2.86. The third kappa shape index (κ3) is 3.89. The molecule has 0 unspecified atom stereocenters. The first-order chi connectivity index (χ1) is 11.1. The molecule has 1 aromatic heterocycles. The highest BCUT2D eigenvalue weighted by molar-refractivity contribution is 7.13. The predicted molar refractivity (Wildman–Crippen MR) is 90.7 cm³/mol. The lowest BCUT2D eigenvalue weighted by atomic mass is 10.1. The Bertz CT molecular complexity index is 732. The summed E-state index contributed by atoms with van der Waals surface area (Å²) in [6, 6.07) is 6.85. The molecule has 1 atom stereocenters. The van der Waals surface area contributed by atoms with Crippen LogP contribution in [0.3, 0.4) is 0 Å². The summed E-state index contributed by atoms with van der Waals surface area (Å²) >= 11 is 7.35. The van der Waals surface area contributed by atoms with Gasteiger partial charge in [-0.1, -0.05) is 23.7 Å². The zero-order valence-corrected chi connectivity index (χ0v) is 13.9. The van der Waals surface area contributed by atoms with E-state index in [-0.39, 0.29) is 11.8 Å². The van der Waals surface area contributed by atoms with E-state index in [0.29, 0.717) is 23.7 Å². The maximum atomic E-state index is 12.3. The Balaban J connectivity index is 1.72. The fraction of sp³-hybridized carbons (Fsp3) is 0.312. The van der Waals surface area contributed by atoms with Crippen molar-refractivity contribution >= 4 is 34.8 Å². The summed E-state index contributed by atoms with van der Waals surface area (Å²) in [6.07, 6.45) is 2.51. The number of rotatable bonds is 3. The summed E-state index contributed by atoms with van der Waals surface area (Å²) in [7, 11) is 0. The lowest BCUT2D eigenvalue weighted by Gasteiger charge is -2.14. The minimum Gasteiger partial charge on any atom is -0.354 e. The number of hydrogen-bond donors (Lipinski definition) is 2. The summed E-state index contributed by atoms with van der Waals surface area (Å²) < 4.78 is 0. The van der Waals surface area contributed by atoms with Crippen molar-refractivity contribution in [2.45, 2.75) is 25.3 Å². The number of nitrogens with one attached hydrogen (secondary N) is 2. The molecule has 0 saturated carbocycles. The number of carbonyl (C=O) groups excluding carboxylic acids is 2. The van der Waals surface area contributed by atoms with E-state index in [1.807, 2.05) is 12.1 Å². The number of benzene rings is 1. The van der Waals surface area contributed by atoms with E-state index in [0.717, 1.165) is 23.4 Å². The molecule has 1 aliphatic heterocycles. The van der Waals surface area contributed by atoms with Gasteiger partial charge in [-0.15, -0.1) is 11.3 Å². The third-order valence-corrected chi connectivity index (χ3v) is 4.78. The minimum absolute atomic E-state index is 0.124. The van der Waals surface area contributed by atoms with Gasteiger partial charge in [-0.05, 0) is 31.4 Å². The Morgan fingerprint density at radius 2 is 2.26 bits per heavy atom. The summed E-state index contributed by atoms with van der Waals surface area (Å²) in [5, 5.41) is 8.61. The van der Waals surface area contributed by atoms with Gasteiger partial charge in [0.05, 0.1) is 0 Å². The Labute approximate surface area is 143 Å². The molecule has 1 aliphatic rings. The van der Waals surface area contributed by atoms with Crippen molar-refractivity contribution in [3.8, 4) is 10.6 Å². The second kappa shape index (κ2) is 7.10. The molecule has 0 bridgehead atoms. The first kappa shape index (κ1) is 16.0. The van der Waals surface area contributed by atoms with Gasteiger partial charge in [0.2, 0.25) is 5.91 Å². The zero-order valence-electron chi connectivity index (χ0n) is 12.3. The van der Waals surface area contributed by atoms with Gasteiger partial charge >= 0.3 is 0 Å². The van der Waals surface area contributed by atoms with Crippen molar-refractivity contribution in [2.24, 2.45) is 0 Å². The molecule has 2 N–H and O–H groups in total. The molecule has 3 rings (SSSR count). The molecule has 2 aromatic rings. The highest BCUT2D eigenvalue weighted by Crippen LogP contribution is 2.26. The maximum absolute atomic E-state index is 12.3. The van der Waals surface area contributed by atoms with Crippen LogP contribution in [0, 0.1) is 0 Å². The molecule has 23 heavy (non-hydrogen) atoms. The normalized spacial score (nSPS) is 18.1. The fourth-order valence-electron chi connectivity index (χ4n) is 2.44. The first-order valence-corrected chi connectivity index (χ1v) is 8.69. The smallest absolute Gasteiger partial charge is 0.271 e. The molecular formula is C16H16ClN3O2S. The average Bonchev–Trinajstić information content (AvgIpc) is 2.95. The van der Waals surface area contributed by atoms with E-state index in [4.69, 9.17) is 11.6 Å². The van der Waals surface area contributed by atoms with Crippen molar-refractivity contribution in [3.05, 3.63) is 40.4 Å². The van der Waals surface area contributed by atoms with Crippen LogP contribution in [-0.4, -0.2) is 29.4 Å². The van der Waals surface area contributed by atoms with Gasteiger partial charge < -0.3 is 10.6 Å². The fourth-order valence-corrected chi connectivity index (χ4v) is 3.43. The lowest BCUT2D eigenvalue weighted by Crippen LogP contribution is -2.45. The number of thiazole rings is 1. The van der Waals surface area contributed by atoms with Crippen LogP contribution in [0.1, 0.15) is 29.8 Å². The maximum Gasteiger partial charge on any atom is 0.271 e. The number of nitrogens with zero attached hydrogens (tertiary/aromatic N) is 1. The molecule has 120 valence electrons. The van der Waals surface area contributed by atoms with Crippen LogP contribution in [0.25, 0.3) is 10.6 Å². The van der Waals surface area contributed by atoms with Crippen LogP contribution in [-0.2, 0) is 4.79 Å². The standard InChI is InChI=1S/C16H16ClN3O2S/c17-11-5-3-4-10(8-11)16-20-13(9-23-16)15(22)19-12-6-1-2-7-18-14(12)21/h3-5,8-9,12H,1-2,6-7H2,(H,18,21)(H,19,22)/t12-/m1/s1. The topological polar surface area (TPSA) is 71.1 Å². The molecule has 0 aliphatic carbocycles. The quantitative estimate of drug-likeness (QED) is 0.895. The van der Waals surface area contributed by atoms with Gasteiger partial charge in [0.1, 0.15) is 16.7 Å². The van der Waals surface area contributed by atoms with Gasteiger partial charge in [0, 0.05) is 22.5 Å². The summed E-state index contributed by atoms with van der Waals surface area (Å²) in [4.78, 5) is 28.5. The zero-order chi connectivity index (χ0) is 16.2. The Kier molecular flexibility index (Phi) is 4.93. The van der Waals surface area contributed by atoms with Crippen LogP contribution in [0.5, 0.6) is 0 Å². The van der Waals surface area contributed by atoms with E-state index in [1.54, 1.807) is 17.5 Å². The Hall–Kier alpha value is -1.92. The number of halogens is 1. The number of hydrogen-bond acceptors (Lipinski definition) is 4. The van der Waals surface area contributed by atoms with Crippen molar-refractivity contribution in [3.63, 3.8) is 0 Å². The largest absolute Gasteiger partial charge is 0.354 e. The Morgan fingerprint density at radius 3 is 3.09 bits per heavy atom. The molecule has 0 radical (unpaired) electrons. The van der Waals surface area contributed by atoms with Gasteiger partial charge in [0.25, 0.3) is 5.91 Å². The monoisotopic (exact) mass is 349 g/mol. The molecule has 1 saturated heterocycles. The van der Waals surface area contributed by atoms with E-state index >= 15 is 0 Å². The number of carbonyl (C=O) groups is 2. The minimum atomic E-state index is -0.485. The molecule has 1 fully saturated rings. The second-order valence-electron chi connectivity index (χ2n) is 5.36. The average molecular weight is 350 g/mol. The van der Waals surface area contributed by atoms with Crippen LogP contribution in [0.4, 0.5) is 0 Å². The molecule has 1 aromatic carbocycles. The van der Waals surface area contributed by atoms with Crippen LogP contribution in [0.2, 0.25) is 5.02 Å². The summed E-state index contributed by atoms with van der Waals surface area (Å²) in [5.74, 6) is -0.447. The summed E-state index contributed by atoms with van der Waals surface area (Å²) in [6.45, 7) is 0.667. The highest BCUT2D eigenvalue weighted by Gasteiger charge is 2.24. The van der Waals surface area contributed by atoms with Crippen LogP contribution in [0.15, 0.2) is 29.6 Å². The van der Waals surface area contributed by atoms with Gasteiger partial charge in [-0.3, -0.25) is 9.59 Å². The van der Waals surface area contributed by atoms with Crippen molar-refractivity contribution in [1.29, 1.82) is 0 Å². The lowest BCUT2D eigenvalue weighted by molar-refractivity contribution is -0.122. The van der Waals surface area contributed by atoms with Crippen molar-refractivity contribution in [1.82, 2.24) is 15.6 Å². The van der Waals surface area contributed by atoms with Gasteiger partial charge in [-0.2, -0.15) is 0 Å². The first-order valence-electron chi connectivity index (χ1n) is 7.43. The van der Waals surface area contributed by atoms with Gasteiger partial charge in [0.15, 0.2) is 0 Å². The van der Waals surface area contributed by atoms with Crippen molar-refractivity contribution in [2.75, 3.05) is 6.54 Å².